The predicted molar refractivity (Wildman–Crippen MR) is 75.8 cm³/mol. The zero-order valence-corrected chi connectivity index (χ0v) is 11.6. The number of hydrogen-bond acceptors (Lipinski definition) is 5. The highest BCUT2D eigenvalue weighted by Crippen LogP contribution is 2.34. The maximum Gasteiger partial charge on any atom is 0.229 e. The molecule has 2 amide bonds. The summed E-state index contributed by atoms with van der Waals surface area (Å²) in [7, 11) is 1.59. The zero-order chi connectivity index (χ0) is 14.3. The molecule has 1 saturated heterocycles. The van der Waals surface area contributed by atoms with Crippen molar-refractivity contribution in [2.24, 2.45) is 11.7 Å². The topological polar surface area (TPSA) is 85.5 Å². The van der Waals surface area contributed by atoms with Gasteiger partial charge >= 0.3 is 0 Å². The Hall–Kier alpha value is -2.15. The van der Waals surface area contributed by atoms with E-state index in [-0.39, 0.29) is 12.3 Å². The SMILES string of the molecule is COc1ccc2sc(N3CC(C(N)=O)CC3=O)nc2c1. The monoisotopic (exact) mass is 291 g/mol. The van der Waals surface area contributed by atoms with Crippen molar-refractivity contribution in [3.8, 4) is 5.75 Å². The van der Waals surface area contributed by atoms with Crippen molar-refractivity contribution in [3.63, 3.8) is 0 Å². The van der Waals surface area contributed by atoms with Gasteiger partial charge in [-0.1, -0.05) is 11.3 Å². The number of methoxy groups -OCH3 is 1. The molecule has 0 saturated carbocycles. The van der Waals surface area contributed by atoms with Gasteiger partial charge in [0, 0.05) is 19.0 Å². The lowest BCUT2D eigenvalue weighted by Gasteiger charge is -2.11. The minimum absolute atomic E-state index is 0.111. The van der Waals surface area contributed by atoms with Gasteiger partial charge in [0.2, 0.25) is 11.8 Å². The van der Waals surface area contributed by atoms with E-state index in [0.29, 0.717) is 11.7 Å². The van der Waals surface area contributed by atoms with E-state index >= 15 is 0 Å². The fourth-order valence-corrected chi connectivity index (χ4v) is 3.19. The van der Waals surface area contributed by atoms with Gasteiger partial charge in [-0.3, -0.25) is 14.5 Å². The van der Waals surface area contributed by atoms with Crippen molar-refractivity contribution in [3.05, 3.63) is 18.2 Å². The number of rotatable bonds is 3. The van der Waals surface area contributed by atoms with Gasteiger partial charge in [-0.2, -0.15) is 0 Å². The summed E-state index contributed by atoms with van der Waals surface area (Å²) in [6.45, 7) is 0.311. The fraction of sp³-hybridized carbons (Fsp3) is 0.308. The first-order valence-electron chi connectivity index (χ1n) is 6.12. The number of carbonyl (C=O) groups excluding carboxylic acids is 2. The molecule has 20 heavy (non-hydrogen) atoms. The number of ether oxygens (including phenoxy) is 1. The number of amides is 2. The van der Waals surface area contributed by atoms with Crippen LogP contribution < -0.4 is 15.4 Å². The van der Waals surface area contributed by atoms with E-state index in [9.17, 15) is 9.59 Å². The quantitative estimate of drug-likeness (QED) is 0.919. The molecule has 1 unspecified atom stereocenters. The summed E-state index contributed by atoms with van der Waals surface area (Å²) in [4.78, 5) is 29.1. The van der Waals surface area contributed by atoms with E-state index < -0.39 is 11.8 Å². The minimum Gasteiger partial charge on any atom is -0.497 e. The Bertz CT molecular complexity index is 697. The van der Waals surface area contributed by atoms with Crippen molar-refractivity contribution in [1.82, 2.24) is 4.98 Å². The van der Waals surface area contributed by atoms with Crippen LogP contribution in [0.3, 0.4) is 0 Å². The molecule has 1 aliphatic heterocycles. The van der Waals surface area contributed by atoms with Gasteiger partial charge in [0.05, 0.1) is 23.2 Å². The second-order valence-corrected chi connectivity index (χ2v) is 5.65. The van der Waals surface area contributed by atoms with Crippen LogP contribution in [0.25, 0.3) is 10.2 Å². The van der Waals surface area contributed by atoms with Gasteiger partial charge in [-0.15, -0.1) is 0 Å². The van der Waals surface area contributed by atoms with E-state index in [1.54, 1.807) is 7.11 Å². The summed E-state index contributed by atoms with van der Waals surface area (Å²) in [5.74, 6) is -0.260. The largest absolute Gasteiger partial charge is 0.497 e. The molecule has 0 bridgehead atoms. The first-order valence-corrected chi connectivity index (χ1v) is 6.94. The van der Waals surface area contributed by atoms with E-state index in [2.05, 4.69) is 4.98 Å². The Balaban J connectivity index is 1.94. The maximum atomic E-state index is 11.9. The van der Waals surface area contributed by atoms with Crippen LogP contribution in [-0.2, 0) is 9.59 Å². The number of fused-ring (bicyclic) bond motifs is 1. The molecule has 2 N–H and O–H groups in total. The van der Waals surface area contributed by atoms with Crippen LogP contribution in [0.2, 0.25) is 0 Å². The summed E-state index contributed by atoms with van der Waals surface area (Å²) in [5, 5.41) is 0.599. The molecule has 1 aromatic carbocycles. The van der Waals surface area contributed by atoms with E-state index in [4.69, 9.17) is 10.5 Å². The van der Waals surface area contributed by atoms with Gasteiger partial charge in [-0.25, -0.2) is 4.98 Å². The predicted octanol–water partition coefficient (Wildman–Crippen LogP) is 1.14. The van der Waals surface area contributed by atoms with E-state index in [1.807, 2.05) is 18.2 Å². The number of benzene rings is 1. The Kier molecular flexibility index (Phi) is 3.06. The second kappa shape index (κ2) is 4.75. The Labute approximate surface area is 119 Å². The second-order valence-electron chi connectivity index (χ2n) is 4.64. The minimum atomic E-state index is -0.441. The van der Waals surface area contributed by atoms with Gasteiger partial charge in [-0.05, 0) is 12.1 Å². The highest BCUT2D eigenvalue weighted by atomic mass is 32.1. The molecule has 2 aromatic rings. The van der Waals surface area contributed by atoms with Crippen LogP contribution in [0.15, 0.2) is 18.2 Å². The average Bonchev–Trinajstić information content (AvgIpc) is 3.00. The lowest BCUT2D eigenvalue weighted by atomic mass is 10.1. The molecule has 6 nitrogen and oxygen atoms in total. The molecular weight excluding hydrogens is 278 g/mol. The molecule has 0 spiro atoms. The summed E-state index contributed by atoms with van der Waals surface area (Å²) in [6, 6.07) is 5.57. The molecule has 0 aliphatic carbocycles. The summed E-state index contributed by atoms with van der Waals surface area (Å²) < 4.78 is 6.12. The third kappa shape index (κ3) is 2.09. The first-order chi connectivity index (χ1) is 9.58. The average molecular weight is 291 g/mol. The fourth-order valence-electron chi connectivity index (χ4n) is 2.22. The lowest BCUT2D eigenvalue weighted by Crippen LogP contribution is -2.28. The summed E-state index contributed by atoms with van der Waals surface area (Å²) in [6.07, 6.45) is 0.161. The number of nitrogens with zero attached hydrogens (tertiary/aromatic N) is 2. The molecule has 104 valence electrons. The number of hydrogen-bond donors (Lipinski definition) is 1. The smallest absolute Gasteiger partial charge is 0.229 e. The van der Waals surface area contributed by atoms with Gasteiger partial charge in [0.25, 0.3) is 0 Å². The highest BCUT2D eigenvalue weighted by Gasteiger charge is 2.35. The number of nitrogens with two attached hydrogens (primary N) is 1. The van der Waals surface area contributed by atoms with Crippen molar-refractivity contribution in [1.29, 1.82) is 0 Å². The molecule has 7 heteroatoms. The normalized spacial score (nSPS) is 18.8. The summed E-state index contributed by atoms with van der Waals surface area (Å²) >= 11 is 1.42. The Morgan fingerprint density at radius 3 is 3.00 bits per heavy atom. The Morgan fingerprint density at radius 2 is 2.35 bits per heavy atom. The van der Waals surface area contributed by atoms with Gasteiger partial charge in [0.1, 0.15) is 5.75 Å². The molecule has 1 fully saturated rings. The molecule has 1 atom stereocenters. The van der Waals surface area contributed by atoms with Crippen molar-refractivity contribution < 1.29 is 14.3 Å². The zero-order valence-electron chi connectivity index (χ0n) is 10.8. The number of anilines is 1. The van der Waals surface area contributed by atoms with Crippen molar-refractivity contribution in [2.75, 3.05) is 18.6 Å². The number of carbonyl (C=O) groups is 2. The molecule has 1 aliphatic rings. The number of primary amides is 1. The lowest BCUT2D eigenvalue weighted by molar-refractivity contribution is -0.123. The van der Waals surface area contributed by atoms with Crippen LogP contribution in [0, 0.1) is 5.92 Å². The van der Waals surface area contributed by atoms with Crippen molar-refractivity contribution in [2.45, 2.75) is 6.42 Å². The standard InChI is InChI=1S/C13H13N3O3S/c1-19-8-2-3-10-9(5-8)15-13(20-10)16-6-7(12(14)18)4-11(16)17/h2-3,5,7H,4,6H2,1H3,(H2,14,18). The van der Waals surface area contributed by atoms with Crippen LogP contribution >= 0.6 is 11.3 Å². The molecule has 0 radical (unpaired) electrons. The third-order valence-corrected chi connectivity index (χ3v) is 4.40. The van der Waals surface area contributed by atoms with Crippen LogP contribution in [0.4, 0.5) is 5.13 Å². The Morgan fingerprint density at radius 1 is 1.55 bits per heavy atom. The van der Waals surface area contributed by atoms with E-state index in [0.717, 1.165) is 16.0 Å². The molecule has 3 rings (SSSR count). The van der Waals surface area contributed by atoms with Crippen LogP contribution in [-0.4, -0.2) is 30.5 Å². The first kappa shape index (κ1) is 12.9. The maximum absolute atomic E-state index is 11.9. The van der Waals surface area contributed by atoms with Gasteiger partial charge < -0.3 is 10.5 Å². The highest BCUT2D eigenvalue weighted by molar-refractivity contribution is 7.22. The molecule has 2 heterocycles. The third-order valence-electron chi connectivity index (χ3n) is 3.34. The van der Waals surface area contributed by atoms with Crippen LogP contribution in [0.5, 0.6) is 5.75 Å². The van der Waals surface area contributed by atoms with E-state index in [1.165, 1.54) is 16.2 Å². The van der Waals surface area contributed by atoms with Crippen LogP contribution in [0.1, 0.15) is 6.42 Å². The molecule has 1 aromatic heterocycles. The molecular formula is C13H13N3O3S. The number of aromatic nitrogens is 1. The van der Waals surface area contributed by atoms with Gasteiger partial charge in [0.15, 0.2) is 5.13 Å². The van der Waals surface area contributed by atoms with Crippen molar-refractivity contribution >= 4 is 38.5 Å². The number of thiazole rings is 1. The summed E-state index contributed by atoms with van der Waals surface area (Å²) in [5.41, 5.74) is 6.04.